The third-order valence-corrected chi connectivity index (χ3v) is 2.86. The molecule has 0 aromatic heterocycles. The molecule has 0 amide bonds. The van der Waals surface area contributed by atoms with Crippen molar-refractivity contribution in [2.45, 2.75) is 6.61 Å². The van der Waals surface area contributed by atoms with E-state index in [-0.39, 0.29) is 11.7 Å². The van der Waals surface area contributed by atoms with Crippen molar-refractivity contribution in [2.24, 2.45) is 5.73 Å². The van der Waals surface area contributed by atoms with Crippen LogP contribution in [-0.4, -0.2) is 5.84 Å². The maximum absolute atomic E-state index is 12.7. The van der Waals surface area contributed by atoms with Crippen molar-refractivity contribution in [1.29, 1.82) is 5.41 Å². The fraction of sp³-hybridized carbons (Fsp3) is 0.0714. The third kappa shape index (κ3) is 3.45. The number of nitrogens with two attached hydrogens (primary N) is 1. The highest BCUT2D eigenvalue weighted by molar-refractivity contribution is 6.34. The quantitative estimate of drug-likeness (QED) is 0.666. The van der Waals surface area contributed by atoms with Crippen molar-refractivity contribution in [3.8, 4) is 5.75 Å². The topological polar surface area (TPSA) is 59.1 Å². The highest BCUT2D eigenvalue weighted by Gasteiger charge is 2.05. The maximum atomic E-state index is 12.7. The normalized spacial score (nSPS) is 10.2. The minimum Gasteiger partial charge on any atom is -0.489 e. The van der Waals surface area contributed by atoms with Gasteiger partial charge in [0, 0.05) is 5.56 Å². The molecule has 98 valence electrons. The lowest BCUT2D eigenvalue weighted by Crippen LogP contribution is -2.11. The van der Waals surface area contributed by atoms with Gasteiger partial charge in [-0.2, -0.15) is 0 Å². The van der Waals surface area contributed by atoms with E-state index < -0.39 is 0 Å². The van der Waals surface area contributed by atoms with Crippen LogP contribution in [0.3, 0.4) is 0 Å². The highest BCUT2D eigenvalue weighted by atomic mass is 35.5. The van der Waals surface area contributed by atoms with Gasteiger partial charge in [-0.1, -0.05) is 23.7 Å². The predicted molar refractivity (Wildman–Crippen MR) is 73.2 cm³/mol. The molecule has 0 radical (unpaired) electrons. The lowest BCUT2D eigenvalue weighted by atomic mass is 10.2. The Labute approximate surface area is 115 Å². The van der Waals surface area contributed by atoms with E-state index in [9.17, 15) is 4.39 Å². The molecule has 0 aliphatic rings. The van der Waals surface area contributed by atoms with Crippen LogP contribution in [0, 0.1) is 11.2 Å². The summed E-state index contributed by atoms with van der Waals surface area (Å²) in [5.74, 6) is 0.201. The van der Waals surface area contributed by atoms with E-state index in [1.807, 2.05) is 0 Å². The molecule has 0 fully saturated rings. The van der Waals surface area contributed by atoms with Crippen LogP contribution in [0.15, 0.2) is 42.5 Å². The molecule has 2 rings (SSSR count). The van der Waals surface area contributed by atoms with E-state index in [4.69, 9.17) is 27.5 Å². The number of hydrogen-bond acceptors (Lipinski definition) is 2. The van der Waals surface area contributed by atoms with Crippen LogP contribution in [0.1, 0.15) is 11.1 Å². The van der Waals surface area contributed by atoms with Crippen LogP contribution >= 0.6 is 11.6 Å². The Hall–Kier alpha value is -2.07. The Balaban J connectivity index is 2.06. The molecular weight excluding hydrogens is 267 g/mol. The van der Waals surface area contributed by atoms with Gasteiger partial charge in [-0.05, 0) is 35.9 Å². The van der Waals surface area contributed by atoms with Gasteiger partial charge in [-0.25, -0.2) is 4.39 Å². The molecule has 3 nitrogen and oxygen atoms in total. The largest absolute Gasteiger partial charge is 0.489 e. The van der Waals surface area contributed by atoms with Crippen LogP contribution in [0.25, 0.3) is 0 Å². The second kappa shape index (κ2) is 5.71. The second-order valence-corrected chi connectivity index (χ2v) is 4.38. The molecule has 0 bridgehead atoms. The summed E-state index contributed by atoms with van der Waals surface area (Å²) in [4.78, 5) is 0. The summed E-state index contributed by atoms with van der Waals surface area (Å²) < 4.78 is 18.3. The average Bonchev–Trinajstić information content (AvgIpc) is 2.37. The molecule has 0 heterocycles. The monoisotopic (exact) mass is 278 g/mol. The molecule has 0 spiro atoms. The maximum Gasteiger partial charge on any atom is 0.124 e. The first-order chi connectivity index (χ1) is 9.06. The fourth-order valence-corrected chi connectivity index (χ4v) is 1.82. The predicted octanol–water partition coefficient (Wildman–Crippen LogP) is 3.34. The molecule has 3 N–H and O–H groups in total. The fourth-order valence-electron chi connectivity index (χ4n) is 1.55. The van der Waals surface area contributed by atoms with E-state index >= 15 is 0 Å². The second-order valence-electron chi connectivity index (χ2n) is 3.97. The first-order valence-corrected chi connectivity index (χ1v) is 5.95. The molecule has 0 unspecified atom stereocenters. The number of nitrogen functional groups attached to an aromatic ring is 1. The SMILES string of the molecule is N=C(N)c1ccc(OCc2ccc(F)cc2)cc1Cl. The molecule has 0 saturated heterocycles. The third-order valence-electron chi connectivity index (χ3n) is 2.55. The Morgan fingerprint density at radius 1 is 1.21 bits per heavy atom. The Kier molecular flexibility index (Phi) is 4.02. The molecule has 5 heteroatoms. The standard InChI is InChI=1S/C14H12ClFN2O/c15-13-7-11(5-6-12(13)14(17)18)19-8-9-1-3-10(16)4-2-9/h1-7H,8H2,(H3,17,18). The molecule has 0 aliphatic heterocycles. The molecule has 0 atom stereocenters. The number of benzene rings is 2. The van der Waals surface area contributed by atoms with Crippen molar-refractivity contribution in [3.05, 3.63) is 64.4 Å². The summed E-state index contributed by atoms with van der Waals surface area (Å²) in [6.45, 7) is 0.316. The van der Waals surface area contributed by atoms with Crippen LogP contribution < -0.4 is 10.5 Å². The van der Waals surface area contributed by atoms with Crippen molar-refractivity contribution in [3.63, 3.8) is 0 Å². The van der Waals surface area contributed by atoms with Gasteiger partial charge in [0.15, 0.2) is 0 Å². The zero-order chi connectivity index (χ0) is 13.8. The first kappa shape index (κ1) is 13.4. The Bertz CT molecular complexity index is 599. The lowest BCUT2D eigenvalue weighted by molar-refractivity contribution is 0.306. The van der Waals surface area contributed by atoms with Crippen molar-refractivity contribution in [1.82, 2.24) is 0 Å². The van der Waals surface area contributed by atoms with Crippen LogP contribution in [0.5, 0.6) is 5.75 Å². The molecule has 2 aromatic carbocycles. The highest BCUT2D eigenvalue weighted by Crippen LogP contribution is 2.23. The van der Waals surface area contributed by atoms with Crippen molar-refractivity contribution in [2.75, 3.05) is 0 Å². The van der Waals surface area contributed by atoms with Crippen LogP contribution in [0.2, 0.25) is 5.02 Å². The van der Waals surface area contributed by atoms with Crippen molar-refractivity contribution >= 4 is 17.4 Å². The number of halogens is 2. The molecule has 19 heavy (non-hydrogen) atoms. The summed E-state index contributed by atoms with van der Waals surface area (Å²) >= 11 is 5.98. The Morgan fingerprint density at radius 2 is 1.89 bits per heavy atom. The summed E-state index contributed by atoms with van der Waals surface area (Å²) in [5, 5.41) is 7.69. The summed E-state index contributed by atoms with van der Waals surface area (Å²) in [6, 6.07) is 11.0. The molecule has 0 aliphatic carbocycles. The van der Waals surface area contributed by atoms with Gasteiger partial charge in [0.05, 0.1) is 5.02 Å². The number of amidine groups is 1. The molecular formula is C14H12ClFN2O. The zero-order valence-corrected chi connectivity index (χ0v) is 10.7. The van der Waals surface area contributed by atoms with E-state index in [1.165, 1.54) is 12.1 Å². The summed E-state index contributed by atoms with van der Waals surface area (Å²) in [6.07, 6.45) is 0. The van der Waals surface area contributed by atoms with Gasteiger partial charge >= 0.3 is 0 Å². The minimum absolute atomic E-state index is 0.0879. The van der Waals surface area contributed by atoms with Gasteiger partial charge < -0.3 is 10.5 Å². The molecule has 2 aromatic rings. The summed E-state index contributed by atoms with van der Waals surface area (Å²) in [7, 11) is 0. The van der Waals surface area contributed by atoms with E-state index in [0.717, 1.165) is 5.56 Å². The van der Waals surface area contributed by atoms with Crippen LogP contribution in [-0.2, 0) is 6.61 Å². The number of nitrogens with one attached hydrogen (secondary N) is 1. The zero-order valence-electron chi connectivity index (χ0n) is 9.99. The Morgan fingerprint density at radius 3 is 2.47 bits per heavy atom. The average molecular weight is 279 g/mol. The lowest BCUT2D eigenvalue weighted by Gasteiger charge is -2.08. The van der Waals surface area contributed by atoms with Gasteiger partial charge in [0.1, 0.15) is 24.0 Å². The van der Waals surface area contributed by atoms with Gasteiger partial charge in [0.2, 0.25) is 0 Å². The first-order valence-electron chi connectivity index (χ1n) is 5.57. The van der Waals surface area contributed by atoms with Crippen molar-refractivity contribution < 1.29 is 9.13 Å². The van der Waals surface area contributed by atoms with Gasteiger partial charge in [-0.15, -0.1) is 0 Å². The molecule has 0 saturated carbocycles. The number of ether oxygens (including phenoxy) is 1. The number of rotatable bonds is 4. The number of hydrogen-bond donors (Lipinski definition) is 2. The van der Waals surface area contributed by atoms with Crippen LogP contribution in [0.4, 0.5) is 4.39 Å². The van der Waals surface area contributed by atoms with Gasteiger partial charge in [-0.3, -0.25) is 5.41 Å². The van der Waals surface area contributed by atoms with Gasteiger partial charge in [0.25, 0.3) is 0 Å². The summed E-state index contributed by atoms with van der Waals surface area (Å²) in [5.41, 5.74) is 6.69. The minimum atomic E-state index is -0.280. The van der Waals surface area contributed by atoms with E-state index in [1.54, 1.807) is 30.3 Å². The smallest absolute Gasteiger partial charge is 0.124 e. The van der Waals surface area contributed by atoms with E-state index in [0.29, 0.717) is 22.9 Å². The van der Waals surface area contributed by atoms with E-state index in [2.05, 4.69) is 0 Å².